The third kappa shape index (κ3) is 2.02. The lowest BCUT2D eigenvalue weighted by atomic mass is 10.0. The fourth-order valence-corrected chi connectivity index (χ4v) is 7.81. The Morgan fingerprint density at radius 1 is 0.750 bits per heavy atom. The first kappa shape index (κ1) is 12.6. The van der Waals surface area contributed by atoms with Gasteiger partial charge in [-0.25, -0.2) is 0 Å². The van der Waals surface area contributed by atoms with Crippen molar-refractivity contribution in [2.45, 2.75) is 37.3 Å². The van der Waals surface area contributed by atoms with Gasteiger partial charge in [-0.2, -0.15) is 0 Å². The van der Waals surface area contributed by atoms with Gasteiger partial charge in [0.1, 0.15) is 0 Å². The molecule has 0 atom stereocenters. The van der Waals surface area contributed by atoms with E-state index in [4.69, 9.17) is 0 Å². The van der Waals surface area contributed by atoms with Crippen LogP contribution in [0.25, 0.3) is 0 Å². The topological polar surface area (TPSA) is 0 Å². The van der Waals surface area contributed by atoms with Gasteiger partial charge in [-0.05, 0) is 61.7 Å². The maximum Gasteiger partial charge on any atom is -0.00115 e. The summed E-state index contributed by atoms with van der Waals surface area (Å²) in [5, 5.41) is 3.76. The highest BCUT2D eigenvalue weighted by atomic mass is 31.1. The maximum absolute atomic E-state index is 2.36. The van der Waals surface area contributed by atoms with Crippen LogP contribution in [0.15, 0.2) is 60.7 Å². The minimum atomic E-state index is -0.195. The minimum Gasteiger partial charge on any atom is -0.0622 e. The summed E-state index contributed by atoms with van der Waals surface area (Å²) in [6.45, 7) is 0. The molecule has 0 unspecified atom stereocenters. The lowest BCUT2D eigenvalue weighted by Gasteiger charge is -2.37. The summed E-state index contributed by atoms with van der Waals surface area (Å²) in [6, 6.07) is 22.6. The molecule has 4 rings (SSSR count). The number of fused-ring (bicyclic) bond motifs is 2. The molecule has 20 heavy (non-hydrogen) atoms. The zero-order chi connectivity index (χ0) is 13.4. The molecule has 0 heterocycles. The molecule has 0 aromatic heterocycles. The molecule has 2 aromatic rings. The largest absolute Gasteiger partial charge is 0.0622 e. The van der Waals surface area contributed by atoms with Crippen LogP contribution in [0.4, 0.5) is 0 Å². The van der Waals surface area contributed by atoms with Crippen LogP contribution in [-0.2, 0) is 0 Å². The summed E-state index contributed by atoms with van der Waals surface area (Å²) in [4.78, 5) is 0. The summed E-state index contributed by atoms with van der Waals surface area (Å²) in [6.07, 6.45) is 7.32. The van der Waals surface area contributed by atoms with Crippen molar-refractivity contribution < 1.29 is 0 Å². The molecule has 2 fully saturated rings. The lowest BCUT2D eigenvalue weighted by molar-refractivity contribution is 0.498. The molecule has 0 nitrogen and oxygen atoms in total. The molecular weight excluding hydrogens is 259 g/mol. The monoisotopic (exact) mass is 280 g/mol. The van der Waals surface area contributed by atoms with E-state index in [9.17, 15) is 0 Å². The Morgan fingerprint density at radius 2 is 1.25 bits per heavy atom. The molecule has 1 heteroatoms. The standard InChI is InChI=1S/C19H21P/c1-3-7-17(8-4-1)20(18-9-5-2-6-10-18)19-13-11-16(15-19)12-14-19/h1-10,16H,11-15H2. The van der Waals surface area contributed by atoms with Crippen molar-refractivity contribution in [1.29, 1.82) is 0 Å². The summed E-state index contributed by atoms with van der Waals surface area (Å²) in [5.74, 6) is 1.02. The highest BCUT2D eigenvalue weighted by Crippen LogP contribution is 2.65. The molecule has 2 bridgehead atoms. The molecule has 2 aromatic carbocycles. The van der Waals surface area contributed by atoms with E-state index in [1.54, 1.807) is 10.6 Å². The van der Waals surface area contributed by atoms with Gasteiger partial charge in [-0.15, -0.1) is 0 Å². The molecule has 2 aliphatic carbocycles. The van der Waals surface area contributed by atoms with Crippen molar-refractivity contribution in [2.75, 3.05) is 0 Å². The molecule has 0 aliphatic heterocycles. The van der Waals surface area contributed by atoms with Crippen molar-refractivity contribution in [2.24, 2.45) is 5.92 Å². The van der Waals surface area contributed by atoms with Crippen molar-refractivity contribution in [3.05, 3.63) is 60.7 Å². The highest BCUT2D eigenvalue weighted by Gasteiger charge is 2.50. The molecule has 0 saturated heterocycles. The van der Waals surface area contributed by atoms with E-state index in [-0.39, 0.29) is 7.92 Å². The van der Waals surface area contributed by atoms with Crippen LogP contribution in [-0.4, -0.2) is 5.16 Å². The van der Waals surface area contributed by atoms with E-state index in [0.717, 1.165) is 5.92 Å². The van der Waals surface area contributed by atoms with Crippen LogP contribution in [0, 0.1) is 5.92 Å². The Morgan fingerprint density at radius 3 is 1.65 bits per heavy atom. The molecule has 102 valence electrons. The average molecular weight is 280 g/mol. The van der Waals surface area contributed by atoms with Gasteiger partial charge in [0.25, 0.3) is 0 Å². The predicted octanol–water partition coefficient (Wildman–Crippen LogP) is 4.45. The van der Waals surface area contributed by atoms with Crippen LogP contribution < -0.4 is 10.6 Å². The highest BCUT2D eigenvalue weighted by molar-refractivity contribution is 7.74. The fourth-order valence-electron chi connectivity index (χ4n) is 4.33. The van der Waals surface area contributed by atoms with Gasteiger partial charge in [0.2, 0.25) is 0 Å². The Hall–Kier alpha value is -1.13. The molecule has 0 N–H and O–H groups in total. The smallest absolute Gasteiger partial charge is 0.00115 e. The van der Waals surface area contributed by atoms with E-state index in [1.807, 2.05) is 0 Å². The second-order valence-corrected chi connectivity index (χ2v) is 9.03. The van der Waals surface area contributed by atoms with Gasteiger partial charge in [0.15, 0.2) is 0 Å². The minimum absolute atomic E-state index is 0.195. The molecule has 0 amide bonds. The van der Waals surface area contributed by atoms with E-state index in [0.29, 0.717) is 5.16 Å². The molecular formula is C19H21P. The van der Waals surface area contributed by atoms with Crippen molar-refractivity contribution in [3.8, 4) is 0 Å². The first-order chi connectivity index (χ1) is 9.87. The first-order valence-corrected chi connectivity index (χ1v) is 9.12. The Kier molecular flexibility index (Phi) is 3.15. The number of hydrogen-bond donors (Lipinski definition) is 0. The third-order valence-electron chi connectivity index (χ3n) is 5.21. The number of benzene rings is 2. The van der Waals surface area contributed by atoms with Crippen LogP contribution in [0.5, 0.6) is 0 Å². The Bertz CT molecular complexity index is 528. The third-order valence-corrected chi connectivity index (χ3v) is 8.42. The van der Waals surface area contributed by atoms with Crippen molar-refractivity contribution >= 4 is 18.5 Å². The Labute approximate surface area is 123 Å². The van der Waals surface area contributed by atoms with Gasteiger partial charge >= 0.3 is 0 Å². The molecule has 0 spiro atoms. The maximum atomic E-state index is 2.36. The summed E-state index contributed by atoms with van der Waals surface area (Å²) >= 11 is 0. The molecule has 2 saturated carbocycles. The normalized spacial score (nSPS) is 28.1. The number of rotatable bonds is 3. The molecule has 2 aliphatic rings. The van der Waals surface area contributed by atoms with Crippen LogP contribution >= 0.6 is 7.92 Å². The fraction of sp³-hybridized carbons (Fsp3) is 0.368. The van der Waals surface area contributed by atoms with Gasteiger partial charge < -0.3 is 0 Å². The molecule has 0 radical (unpaired) electrons. The second kappa shape index (κ2) is 5.01. The first-order valence-electron chi connectivity index (χ1n) is 7.78. The van der Waals surface area contributed by atoms with Gasteiger partial charge in [0.05, 0.1) is 0 Å². The zero-order valence-electron chi connectivity index (χ0n) is 11.8. The summed E-state index contributed by atoms with van der Waals surface area (Å²) < 4.78 is 0. The quantitative estimate of drug-likeness (QED) is 0.729. The van der Waals surface area contributed by atoms with Gasteiger partial charge in [0, 0.05) is 0 Å². The number of hydrogen-bond acceptors (Lipinski definition) is 0. The zero-order valence-corrected chi connectivity index (χ0v) is 12.7. The predicted molar refractivity (Wildman–Crippen MR) is 88.4 cm³/mol. The average Bonchev–Trinajstić information content (AvgIpc) is 3.11. The van der Waals surface area contributed by atoms with Crippen molar-refractivity contribution in [1.82, 2.24) is 0 Å². The summed E-state index contributed by atoms with van der Waals surface area (Å²) in [5.41, 5.74) is 0. The van der Waals surface area contributed by atoms with Gasteiger partial charge in [-0.1, -0.05) is 60.7 Å². The Balaban J connectivity index is 1.82. The van der Waals surface area contributed by atoms with Crippen LogP contribution in [0.3, 0.4) is 0 Å². The second-order valence-electron chi connectivity index (χ2n) is 6.38. The van der Waals surface area contributed by atoms with Gasteiger partial charge in [-0.3, -0.25) is 0 Å². The van der Waals surface area contributed by atoms with E-state index in [1.165, 1.54) is 32.1 Å². The van der Waals surface area contributed by atoms with Crippen molar-refractivity contribution in [3.63, 3.8) is 0 Å². The SMILES string of the molecule is c1ccc(P(c2ccccc2)C23CCC(CC2)C3)cc1. The van der Waals surface area contributed by atoms with Crippen LogP contribution in [0.1, 0.15) is 32.1 Å². The lowest BCUT2D eigenvalue weighted by Crippen LogP contribution is -2.30. The summed E-state index contributed by atoms with van der Waals surface area (Å²) in [7, 11) is -0.195. The van der Waals surface area contributed by atoms with Crippen LogP contribution in [0.2, 0.25) is 0 Å². The van der Waals surface area contributed by atoms with E-state index in [2.05, 4.69) is 60.7 Å². The van der Waals surface area contributed by atoms with E-state index < -0.39 is 0 Å². The van der Waals surface area contributed by atoms with E-state index >= 15 is 0 Å².